The lowest BCUT2D eigenvalue weighted by Crippen LogP contribution is -2.34. The number of rotatable bonds is 4. The van der Waals surface area contributed by atoms with Gasteiger partial charge in [-0.1, -0.05) is 29.8 Å². The Morgan fingerprint density at radius 1 is 1.47 bits per heavy atom. The van der Waals surface area contributed by atoms with E-state index in [1.165, 1.54) is 13.8 Å². The van der Waals surface area contributed by atoms with Crippen molar-refractivity contribution in [3.63, 3.8) is 0 Å². The van der Waals surface area contributed by atoms with Gasteiger partial charge in [0.15, 0.2) is 5.60 Å². The van der Waals surface area contributed by atoms with E-state index < -0.39 is 11.6 Å². The van der Waals surface area contributed by atoms with Gasteiger partial charge in [0, 0.05) is 5.02 Å². The van der Waals surface area contributed by atoms with Crippen molar-refractivity contribution in [2.75, 3.05) is 0 Å². The van der Waals surface area contributed by atoms with Crippen LogP contribution in [0.1, 0.15) is 19.4 Å². The van der Waals surface area contributed by atoms with Crippen LogP contribution in [0.5, 0.6) is 0 Å². The fourth-order valence-electron chi connectivity index (χ4n) is 0.935. The highest BCUT2D eigenvalue weighted by Crippen LogP contribution is 2.19. The zero-order valence-corrected chi connectivity index (χ0v) is 9.41. The summed E-state index contributed by atoms with van der Waals surface area (Å²) in [5.41, 5.74) is -0.410. The van der Waals surface area contributed by atoms with Crippen molar-refractivity contribution in [2.45, 2.75) is 26.1 Å². The summed E-state index contributed by atoms with van der Waals surface area (Å²) in [6.07, 6.45) is 0. The molecule has 0 amide bonds. The van der Waals surface area contributed by atoms with Crippen LogP contribution in [0, 0.1) is 0 Å². The van der Waals surface area contributed by atoms with Gasteiger partial charge in [0.2, 0.25) is 0 Å². The Hall–Kier alpha value is -1.06. The number of carbonyl (C=O) groups is 1. The summed E-state index contributed by atoms with van der Waals surface area (Å²) < 4.78 is 5.27. The summed E-state index contributed by atoms with van der Waals surface area (Å²) in [7, 11) is 0. The minimum atomic E-state index is -1.20. The van der Waals surface area contributed by atoms with Crippen LogP contribution < -0.4 is 0 Å². The minimum absolute atomic E-state index is 0.193. The summed E-state index contributed by atoms with van der Waals surface area (Å²) in [6.45, 7) is 3.21. The predicted molar refractivity (Wildman–Crippen MR) is 58.0 cm³/mol. The molecule has 0 fully saturated rings. The van der Waals surface area contributed by atoms with Crippen molar-refractivity contribution in [3.8, 4) is 0 Å². The molecule has 0 spiro atoms. The van der Waals surface area contributed by atoms with Gasteiger partial charge in [-0.2, -0.15) is 0 Å². The molecule has 0 heterocycles. The molecule has 1 aromatic carbocycles. The Balaban J connectivity index is 2.66. The lowest BCUT2D eigenvalue weighted by molar-refractivity contribution is -0.162. The third-order valence-electron chi connectivity index (χ3n) is 2.06. The van der Waals surface area contributed by atoms with Crippen molar-refractivity contribution in [1.82, 2.24) is 0 Å². The minimum Gasteiger partial charge on any atom is -0.479 e. The zero-order valence-electron chi connectivity index (χ0n) is 8.66. The highest BCUT2D eigenvalue weighted by Gasteiger charge is 2.27. The first kappa shape index (κ1) is 12.0. The third-order valence-corrected chi connectivity index (χ3v) is 2.43. The first-order chi connectivity index (χ1) is 6.93. The summed E-state index contributed by atoms with van der Waals surface area (Å²) in [6, 6.07) is 7.20. The van der Waals surface area contributed by atoms with Crippen LogP contribution in [0.3, 0.4) is 0 Å². The molecule has 4 heteroatoms. The van der Waals surface area contributed by atoms with E-state index in [1.807, 2.05) is 12.1 Å². The molecule has 0 aliphatic heterocycles. The number of hydrogen-bond acceptors (Lipinski definition) is 2. The smallest absolute Gasteiger partial charge is 0.335 e. The molecule has 0 bridgehead atoms. The topological polar surface area (TPSA) is 46.5 Å². The van der Waals surface area contributed by atoms with E-state index in [9.17, 15) is 4.79 Å². The van der Waals surface area contributed by atoms with Crippen molar-refractivity contribution < 1.29 is 14.6 Å². The maximum absolute atomic E-state index is 10.8. The lowest BCUT2D eigenvalue weighted by Gasteiger charge is -2.20. The summed E-state index contributed by atoms with van der Waals surface area (Å²) >= 11 is 5.91. The van der Waals surface area contributed by atoms with E-state index in [0.29, 0.717) is 5.02 Å². The largest absolute Gasteiger partial charge is 0.479 e. The molecule has 0 radical (unpaired) electrons. The Morgan fingerprint density at radius 3 is 2.60 bits per heavy atom. The maximum Gasteiger partial charge on any atom is 0.335 e. The lowest BCUT2D eigenvalue weighted by atomic mass is 10.1. The van der Waals surface area contributed by atoms with Gasteiger partial charge in [-0.05, 0) is 25.5 Å². The van der Waals surface area contributed by atoms with Crippen LogP contribution in [0.4, 0.5) is 0 Å². The van der Waals surface area contributed by atoms with Gasteiger partial charge in [-0.25, -0.2) is 4.79 Å². The average Bonchev–Trinajstić information content (AvgIpc) is 2.16. The molecule has 3 nitrogen and oxygen atoms in total. The van der Waals surface area contributed by atoms with Crippen LogP contribution in [0.2, 0.25) is 5.02 Å². The van der Waals surface area contributed by atoms with Crippen LogP contribution in [-0.2, 0) is 16.1 Å². The second-order valence-corrected chi connectivity index (χ2v) is 4.10. The first-order valence-electron chi connectivity index (χ1n) is 4.54. The molecule has 82 valence electrons. The highest BCUT2D eigenvalue weighted by atomic mass is 35.5. The molecule has 15 heavy (non-hydrogen) atoms. The Kier molecular flexibility index (Phi) is 3.72. The van der Waals surface area contributed by atoms with Gasteiger partial charge in [-0.3, -0.25) is 0 Å². The van der Waals surface area contributed by atoms with Gasteiger partial charge in [0.05, 0.1) is 6.61 Å². The van der Waals surface area contributed by atoms with Crippen LogP contribution in [0.15, 0.2) is 24.3 Å². The SMILES string of the molecule is CC(C)(OCc1ccccc1Cl)C(=O)O. The maximum atomic E-state index is 10.8. The number of aliphatic carboxylic acids is 1. The Bertz CT molecular complexity index is 361. The van der Waals surface area contributed by atoms with Gasteiger partial charge >= 0.3 is 5.97 Å². The fourth-order valence-corrected chi connectivity index (χ4v) is 1.13. The molecule has 0 unspecified atom stereocenters. The van der Waals surface area contributed by atoms with Crippen LogP contribution in [0.25, 0.3) is 0 Å². The fraction of sp³-hybridized carbons (Fsp3) is 0.364. The number of halogens is 1. The predicted octanol–water partition coefficient (Wildman–Crippen LogP) is 2.72. The van der Waals surface area contributed by atoms with Gasteiger partial charge in [0.1, 0.15) is 0 Å². The number of carboxylic acids is 1. The molecular formula is C11H13ClO3. The second kappa shape index (κ2) is 4.64. The molecule has 0 saturated carbocycles. The molecule has 0 saturated heterocycles. The number of carboxylic acid groups (broad SMARTS) is 1. The van der Waals surface area contributed by atoms with Gasteiger partial charge < -0.3 is 9.84 Å². The molecule has 1 rings (SSSR count). The summed E-state index contributed by atoms with van der Waals surface area (Å²) in [5.74, 6) is -0.991. The Morgan fingerprint density at radius 2 is 2.07 bits per heavy atom. The van der Waals surface area contributed by atoms with E-state index in [4.69, 9.17) is 21.4 Å². The van der Waals surface area contributed by atoms with Crippen molar-refractivity contribution in [2.24, 2.45) is 0 Å². The molecule has 0 aliphatic carbocycles. The van der Waals surface area contributed by atoms with E-state index in [2.05, 4.69) is 0 Å². The van der Waals surface area contributed by atoms with Gasteiger partial charge in [-0.15, -0.1) is 0 Å². The van der Waals surface area contributed by atoms with E-state index in [0.717, 1.165) is 5.56 Å². The molecule has 0 aromatic heterocycles. The quantitative estimate of drug-likeness (QED) is 0.862. The molecule has 0 atom stereocenters. The van der Waals surface area contributed by atoms with Crippen molar-refractivity contribution in [1.29, 1.82) is 0 Å². The molecule has 1 N–H and O–H groups in total. The van der Waals surface area contributed by atoms with Crippen molar-refractivity contribution in [3.05, 3.63) is 34.9 Å². The standard InChI is InChI=1S/C11H13ClO3/c1-11(2,10(13)14)15-7-8-5-3-4-6-9(8)12/h3-6H,7H2,1-2H3,(H,13,14). The molecule has 0 aliphatic rings. The number of hydrogen-bond donors (Lipinski definition) is 1. The summed E-state index contributed by atoms with van der Waals surface area (Å²) in [5, 5.41) is 9.41. The van der Waals surface area contributed by atoms with E-state index >= 15 is 0 Å². The molecular weight excluding hydrogens is 216 g/mol. The third kappa shape index (κ3) is 3.22. The number of benzene rings is 1. The van der Waals surface area contributed by atoms with Crippen LogP contribution >= 0.6 is 11.6 Å². The van der Waals surface area contributed by atoms with E-state index in [-0.39, 0.29) is 6.61 Å². The monoisotopic (exact) mass is 228 g/mol. The average molecular weight is 229 g/mol. The second-order valence-electron chi connectivity index (χ2n) is 3.70. The first-order valence-corrected chi connectivity index (χ1v) is 4.92. The Labute approximate surface area is 93.6 Å². The highest BCUT2D eigenvalue weighted by molar-refractivity contribution is 6.31. The van der Waals surface area contributed by atoms with E-state index in [1.54, 1.807) is 12.1 Å². The van der Waals surface area contributed by atoms with Crippen molar-refractivity contribution >= 4 is 17.6 Å². The summed E-state index contributed by atoms with van der Waals surface area (Å²) in [4.78, 5) is 10.8. The zero-order chi connectivity index (χ0) is 11.5. The number of ether oxygens (including phenoxy) is 1. The molecule has 1 aromatic rings. The van der Waals surface area contributed by atoms with Crippen LogP contribution in [-0.4, -0.2) is 16.7 Å². The normalized spacial score (nSPS) is 11.4. The van der Waals surface area contributed by atoms with Gasteiger partial charge in [0.25, 0.3) is 0 Å².